The van der Waals surface area contributed by atoms with Crippen LogP contribution < -0.4 is 0 Å². The van der Waals surface area contributed by atoms with Crippen molar-refractivity contribution >= 4 is 11.6 Å². The molecule has 0 aliphatic carbocycles. The van der Waals surface area contributed by atoms with Crippen molar-refractivity contribution in [1.29, 1.82) is 0 Å². The lowest BCUT2D eigenvalue weighted by Gasteiger charge is -2.10. The zero-order valence-corrected chi connectivity index (χ0v) is 7.94. The van der Waals surface area contributed by atoms with E-state index >= 15 is 0 Å². The topological polar surface area (TPSA) is 9.23 Å². The normalized spacial score (nSPS) is 27.3. The van der Waals surface area contributed by atoms with E-state index in [1.54, 1.807) is 0 Å². The summed E-state index contributed by atoms with van der Waals surface area (Å²) in [7, 11) is 0. The Morgan fingerprint density at radius 1 is 1.64 bits per heavy atom. The standard InChI is InChI=1S/C9H17ClO/c1-2-8(10)5-6-9-4-3-7-11-9/h8-9H,2-7H2,1H3. The summed E-state index contributed by atoms with van der Waals surface area (Å²) >= 11 is 5.99. The first-order chi connectivity index (χ1) is 5.33. The molecule has 1 heterocycles. The molecule has 1 saturated heterocycles. The molecule has 2 unspecified atom stereocenters. The molecule has 0 bridgehead atoms. The summed E-state index contributed by atoms with van der Waals surface area (Å²) in [6.07, 6.45) is 6.35. The first kappa shape index (κ1) is 9.34. The molecule has 0 N–H and O–H groups in total. The molecule has 1 nitrogen and oxygen atoms in total. The van der Waals surface area contributed by atoms with E-state index in [2.05, 4.69) is 6.92 Å². The second-order valence-electron chi connectivity index (χ2n) is 3.22. The molecule has 1 aliphatic rings. The van der Waals surface area contributed by atoms with Crippen molar-refractivity contribution in [2.24, 2.45) is 0 Å². The Labute approximate surface area is 74.1 Å². The summed E-state index contributed by atoms with van der Waals surface area (Å²) in [5, 5.41) is 0.360. The highest BCUT2D eigenvalue weighted by atomic mass is 35.5. The van der Waals surface area contributed by atoms with Crippen molar-refractivity contribution in [3.8, 4) is 0 Å². The summed E-state index contributed by atoms with van der Waals surface area (Å²) in [4.78, 5) is 0. The minimum Gasteiger partial charge on any atom is -0.378 e. The quantitative estimate of drug-likeness (QED) is 0.599. The Hall–Kier alpha value is 0.250. The summed E-state index contributed by atoms with van der Waals surface area (Å²) in [5.41, 5.74) is 0. The maximum atomic E-state index is 5.99. The number of halogens is 1. The van der Waals surface area contributed by atoms with Gasteiger partial charge in [-0.1, -0.05) is 6.92 Å². The SMILES string of the molecule is CCC(Cl)CCC1CCCO1. The lowest BCUT2D eigenvalue weighted by Crippen LogP contribution is -2.08. The van der Waals surface area contributed by atoms with Gasteiger partial charge < -0.3 is 4.74 Å². The van der Waals surface area contributed by atoms with Crippen LogP contribution in [-0.2, 0) is 4.74 Å². The summed E-state index contributed by atoms with van der Waals surface area (Å²) in [6.45, 7) is 3.09. The average molecular weight is 177 g/mol. The predicted octanol–water partition coefficient (Wildman–Crippen LogP) is 2.96. The molecule has 11 heavy (non-hydrogen) atoms. The van der Waals surface area contributed by atoms with Gasteiger partial charge in [-0.3, -0.25) is 0 Å². The number of ether oxygens (including phenoxy) is 1. The molecule has 0 radical (unpaired) electrons. The van der Waals surface area contributed by atoms with Crippen molar-refractivity contribution in [2.75, 3.05) is 6.61 Å². The molecule has 0 aromatic heterocycles. The molecular weight excluding hydrogens is 160 g/mol. The minimum absolute atomic E-state index is 0.360. The van der Waals surface area contributed by atoms with E-state index in [0.29, 0.717) is 11.5 Å². The Kier molecular flexibility index (Phi) is 4.24. The van der Waals surface area contributed by atoms with Crippen LogP contribution in [0.2, 0.25) is 0 Å². The number of rotatable bonds is 4. The molecule has 1 rings (SSSR count). The van der Waals surface area contributed by atoms with E-state index in [0.717, 1.165) is 25.9 Å². The zero-order chi connectivity index (χ0) is 8.10. The van der Waals surface area contributed by atoms with Crippen LogP contribution in [0.25, 0.3) is 0 Å². The van der Waals surface area contributed by atoms with Crippen molar-refractivity contribution in [1.82, 2.24) is 0 Å². The summed E-state index contributed by atoms with van der Waals surface area (Å²) < 4.78 is 5.49. The molecule has 1 fully saturated rings. The van der Waals surface area contributed by atoms with E-state index in [1.807, 2.05) is 0 Å². The molecule has 2 heteroatoms. The van der Waals surface area contributed by atoms with Gasteiger partial charge in [0.25, 0.3) is 0 Å². The first-order valence-electron chi connectivity index (χ1n) is 4.58. The summed E-state index contributed by atoms with van der Waals surface area (Å²) in [5.74, 6) is 0. The van der Waals surface area contributed by atoms with E-state index < -0.39 is 0 Å². The Bertz CT molecular complexity index is 99.7. The molecule has 0 saturated carbocycles. The maximum Gasteiger partial charge on any atom is 0.0576 e. The number of hydrogen-bond acceptors (Lipinski definition) is 1. The molecule has 0 aromatic rings. The van der Waals surface area contributed by atoms with Gasteiger partial charge in [0.15, 0.2) is 0 Å². The van der Waals surface area contributed by atoms with E-state index in [9.17, 15) is 0 Å². The number of alkyl halides is 1. The fourth-order valence-corrected chi connectivity index (χ4v) is 1.57. The fraction of sp³-hybridized carbons (Fsp3) is 1.00. The number of hydrogen-bond donors (Lipinski definition) is 0. The van der Waals surface area contributed by atoms with Crippen LogP contribution >= 0.6 is 11.6 Å². The van der Waals surface area contributed by atoms with Crippen LogP contribution in [0.4, 0.5) is 0 Å². The van der Waals surface area contributed by atoms with Gasteiger partial charge in [0.2, 0.25) is 0 Å². The maximum absolute atomic E-state index is 5.99. The monoisotopic (exact) mass is 176 g/mol. The van der Waals surface area contributed by atoms with Crippen LogP contribution in [0.5, 0.6) is 0 Å². The van der Waals surface area contributed by atoms with Gasteiger partial charge in [0, 0.05) is 12.0 Å². The minimum atomic E-state index is 0.360. The fourth-order valence-electron chi connectivity index (χ4n) is 1.44. The molecular formula is C9H17ClO. The average Bonchev–Trinajstić information content (AvgIpc) is 2.52. The second kappa shape index (κ2) is 5.00. The van der Waals surface area contributed by atoms with Crippen LogP contribution in [0.15, 0.2) is 0 Å². The van der Waals surface area contributed by atoms with Gasteiger partial charge in [-0.15, -0.1) is 11.6 Å². The van der Waals surface area contributed by atoms with Crippen molar-refractivity contribution < 1.29 is 4.74 Å². The molecule has 1 aliphatic heterocycles. The first-order valence-corrected chi connectivity index (χ1v) is 5.02. The van der Waals surface area contributed by atoms with Crippen molar-refractivity contribution in [3.05, 3.63) is 0 Å². The van der Waals surface area contributed by atoms with Gasteiger partial charge in [0.1, 0.15) is 0 Å². The Balaban J connectivity index is 2.01. The van der Waals surface area contributed by atoms with E-state index in [1.165, 1.54) is 12.8 Å². The summed E-state index contributed by atoms with van der Waals surface area (Å²) in [6, 6.07) is 0. The zero-order valence-electron chi connectivity index (χ0n) is 7.18. The molecule has 0 amide bonds. The van der Waals surface area contributed by atoms with Crippen LogP contribution in [0, 0.1) is 0 Å². The lowest BCUT2D eigenvalue weighted by molar-refractivity contribution is 0.102. The van der Waals surface area contributed by atoms with Gasteiger partial charge >= 0.3 is 0 Å². The highest BCUT2D eigenvalue weighted by molar-refractivity contribution is 6.20. The Morgan fingerprint density at radius 3 is 3.00 bits per heavy atom. The van der Waals surface area contributed by atoms with Gasteiger partial charge in [0.05, 0.1) is 6.10 Å². The van der Waals surface area contributed by atoms with E-state index in [4.69, 9.17) is 16.3 Å². The smallest absolute Gasteiger partial charge is 0.0576 e. The predicted molar refractivity (Wildman–Crippen MR) is 48.1 cm³/mol. The highest BCUT2D eigenvalue weighted by Gasteiger charge is 2.16. The van der Waals surface area contributed by atoms with Gasteiger partial charge in [-0.25, -0.2) is 0 Å². The lowest BCUT2D eigenvalue weighted by atomic mass is 10.1. The van der Waals surface area contributed by atoms with Gasteiger partial charge in [-0.05, 0) is 32.1 Å². The van der Waals surface area contributed by atoms with Crippen molar-refractivity contribution in [2.45, 2.75) is 50.5 Å². The molecule has 0 spiro atoms. The molecule has 0 aromatic carbocycles. The third-order valence-electron chi connectivity index (χ3n) is 2.27. The molecule has 66 valence electrons. The largest absolute Gasteiger partial charge is 0.378 e. The van der Waals surface area contributed by atoms with Crippen LogP contribution in [0.3, 0.4) is 0 Å². The molecule has 2 atom stereocenters. The third kappa shape index (κ3) is 3.44. The Morgan fingerprint density at radius 2 is 2.45 bits per heavy atom. The van der Waals surface area contributed by atoms with Crippen LogP contribution in [0.1, 0.15) is 39.0 Å². The van der Waals surface area contributed by atoms with Crippen LogP contribution in [-0.4, -0.2) is 18.1 Å². The van der Waals surface area contributed by atoms with E-state index in [-0.39, 0.29) is 0 Å². The second-order valence-corrected chi connectivity index (χ2v) is 3.84. The highest BCUT2D eigenvalue weighted by Crippen LogP contribution is 2.20. The van der Waals surface area contributed by atoms with Crippen molar-refractivity contribution in [3.63, 3.8) is 0 Å². The third-order valence-corrected chi connectivity index (χ3v) is 2.80. The van der Waals surface area contributed by atoms with Gasteiger partial charge in [-0.2, -0.15) is 0 Å².